The molecule has 0 bridgehead atoms. The van der Waals surface area contributed by atoms with E-state index in [9.17, 15) is 9.59 Å². The highest BCUT2D eigenvalue weighted by molar-refractivity contribution is 7.16. The van der Waals surface area contributed by atoms with Crippen LogP contribution in [0.25, 0.3) is 21.0 Å². The first-order valence-corrected chi connectivity index (χ1v) is 10.3. The molecule has 6 nitrogen and oxygen atoms in total. The van der Waals surface area contributed by atoms with Gasteiger partial charge in [-0.05, 0) is 35.2 Å². The second-order valence-electron chi connectivity index (χ2n) is 6.49. The van der Waals surface area contributed by atoms with Crippen LogP contribution in [0, 0.1) is 0 Å². The maximum Gasteiger partial charge on any atom is 0.307 e. The van der Waals surface area contributed by atoms with Crippen LogP contribution in [0.2, 0.25) is 0 Å². The fraction of sp³-hybridized carbons (Fsp3) is 0.227. The third-order valence-electron chi connectivity index (χ3n) is 4.68. The van der Waals surface area contributed by atoms with Gasteiger partial charge < -0.3 is 9.47 Å². The van der Waals surface area contributed by atoms with Crippen molar-refractivity contribution < 1.29 is 14.3 Å². The lowest BCUT2D eigenvalue weighted by Gasteiger charge is -2.14. The van der Waals surface area contributed by atoms with Gasteiger partial charge in [0.25, 0.3) is 5.56 Å². The first-order valence-electron chi connectivity index (χ1n) is 9.39. The molecule has 0 aliphatic carbocycles. The summed E-state index contributed by atoms with van der Waals surface area (Å²) >= 11 is 1.42. The number of carbonyl (C=O) groups excluding carboxylic acids is 1. The van der Waals surface area contributed by atoms with Crippen molar-refractivity contribution in [2.45, 2.75) is 26.5 Å². The Balaban J connectivity index is 1.46. The molecule has 2 aromatic carbocycles. The summed E-state index contributed by atoms with van der Waals surface area (Å²) in [6, 6.07) is 13.6. The molecule has 0 spiro atoms. The minimum absolute atomic E-state index is 0.0893. The van der Waals surface area contributed by atoms with Crippen molar-refractivity contribution in [3.8, 4) is 5.75 Å². The number of fused-ring (bicyclic) bond motifs is 2. The van der Waals surface area contributed by atoms with E-state index < -0.39 is 0 Å². The summed E-state index contributed by atoms with van der Waals surface area (Å²) in [5.74, 6) is 0.333. The number of benzene rings is 2. The average molecular weight is 408 g/mol. The molecule has 148 valence electrons. The van der Waals surface area contributed by atoms with Crippen LogP contribution in [0.15, 0.2) is 59.0 Å². The Morgan fingerprint density at radius 1 is 1.14 bits per heavy atom. The monoisotopic (exact) mass is 408 g/mol. The highest BCUT2D eigenvalue weighted by atomic mass is 32.1. The zero-order valence-electron chi connectivity index (χ0n) is 16.0. The van der Waals surface area contributed by atoms with Crippen LogP contribution in [0.3, 0.4) is 0 Å². The molecule has 0 radical (unpaired) electrons. The Morgan fingerprint density at radius 2 is 2.00 bits per heavy atom. The summed E-state index contributed by atoms with van der Waals surface area (Å²) in [4.78, 5) is 29.7. The van der Waals surface area contributed by atoms with E-state index in [1.165, 1.54) is 22.2 Å². The number of hydrogen-bond donors (Lipinski definition) is 0. The van der Waals surface area contributed by atoms with Crippen molar-refractivity contribution in [2.24, 2.45) is 0 Å². The fourth-order valence-corrected chi connectivity index (χ4v) is 3.97. The van der Waals surface area contributed by atoms with Crippen LogP contribution in [-0.4, -0.2) is 22.1 Å². The molecule has 0 atom stereocenters. The normalized spacial score (nSPS) is 11.1. The SMILES string of the molecule is CCOc1ccc2ccccc2c1COC(=O)CCn1cnc2sccc2c1=O. The minimum Gasteiger partial charge on any atom is -0.493 e. The number of aryl methyl sites for hydroxylation is 1. The summed E-state index contributed by atoms with van der Waals surface area (Å²) in [6.45, 7) is 2.79. The predicted octanol–water partition coefficient (Wildman–Crippen LogP) is 4.14. The maximum absolute atomic E-state index is 12.4. The molecular weight excluding hydrogens is 388 g/mol. The smallest absolute Gasteiger partial charge is 0.307 e. The van der Waals surface area contributed by atoms with Crippen molar-refractivity contribution in [3.63, 3.8) is 0 Å². The largest absolute Gasteiger partial charge is 0.493 e. The summed E-state index contributed by atoms with van der Waals surface area (Å²) in [6.07, 6.45) is 1.57. The zero-order chi connectivity index (χ0) is 20.2. The molecule has 0 unspecified atom stereocenters. The highest BCUT2D eigenvalue weighted by Gasteiger charge is 2.13. The molecule has 29 heavy (non-hydrogen) atoms. The van der Waals surface area contributed by atoms with E-state index in [0.717, 1.165) is 16.3 Å². The number of carbonyl (C=O) groups is 1. The van der Waals surface area contributed by atoms with Gasteiger partial charge in [-0.3, -0.25) is 14.2 Å². The van der Waals surface area contributed by atoms with Gasteiger partial charge in [0.15, 0.2) is 0 Å². The molecule has 0 saturated heterocycles. The number of thiophene rings is 1. The Bertz CT molecular complexity index is 1230. The van der Waals surface area contributed by atoms with Crippen LogP contribution >= 0.6 is 11.3 Å². The van der Waals surface area contributed by atoms with Crippen LogP contribution in [0.1, 0.15) is 18.9 Å². The topological polar surface area (TPSA) is 70.4 Å². The van der Waals surface area contributed by atoms with E-state index in [1.54, 1.807) is 6.07 Å². The van der Waals surface area contributed by atoms with Crippen LogP contribution in [-0.2, 0) is 22.7 Å². The van der Waals surface area contributed by atoms with E-state index in [-0.39, 0.29) is 31.1 Å². The third kappa shape index (κ3) is 4.00. The zero-order valence-corrected chi connectivity index (χ0v) is 16.8. The quantitative estimate of drug-likeness (QED) is 0.430. The average Bonchev–Trinajstić information content (AvgIpc) is 3.22. The number of esters is 1. The van der Waals surface area contributed by atoms with E-state index >= 15 is 0 Å². The molecule has 2 aromatic heterocycles. The fourth-order valence-electron chi connectivity index (χ4n) is 3.24. The van der Waals surface area contributed by atoms with Gasteiger partial charge in [-0.15, -0.1) is 11.3 Å². The van der Waals surface area contributed by atoms with Gasteiger partial charge in [0.2, 0.25) is 0 Å². The molecule has 0 aliphatic heterocycles. The Hall–Kier alpha value is -3.19. The van der Waals surface area contributed by atoms with Crippen molar-refractivity contribution in [1.82, 2.24) is 9.55 Å². The van der Waals surface area contributed by atoms with Gasteiger partial charge in [0, 0.05) is 12.1 Å². The lowest BCUT2D eigenvalue weighted by molar-refractivity contribution is -0.145. The number of nitrogens with zero attached hydrogens (tertiary/aromatic N) is 2. The van der Waals surface area contributed by atoms with E-state index in [4.69, 9.17) is 9.47 Å². The van der Waals surface area contributed by atoms with Gasteiger partial charge >= 0.3 is 5.97 Å². The first kappa shape index (κ1) is 19.1. The van der Waals surface area contributed by atoms with Crippen molar-refractivity contribution in [1.29, 1.82) is 0 Å². The van der Waals surface area contributed by atoms with Gasteiger partial charge in [-0.25, -0.2) is 4.98 Å². The summed E-state index contributed by atoms with van der Waals surface area (Å²) < 4.78 is 12.7. The molecule has 0 fully saturated rings. The van der Waals surface area contributed by atoms with Crippen LogP contribution in [0.4, 0.5) is 0 Å². The molecule has 2 heterocycles. The van der Waals surface area contributed by atoms with Crippen LogP contribution < -0.4 is 10.3 Å². The standard InChI is InChI=1S/C22H20N2O4S/c1-2-27-19-8-7-15-5-3-4-6-16(15)18(19)13-28-20(25)9-11-24-14-23-21-17(22(24)26)10-12-29-21/h3-8,10,12,14H,2,9,11,13H2,1H3. The van der Waals surface area contributed by atoms with Crippen LogP contribution in [0.5, 0.6) is 5.75 Å². The molecule has 0 aliphatic rings. The van der Waals surface area contributed by atoms with Crippen molar-refractivity contribution in [3.05, 3.63) is 70.1 Å². The predicted molar refractivity (Wildman–Crippen MR) is 113 cm³/mol. The molecule has 0 saturated carbocycles. The molecule has 7 heteroatoms. The van der Waals surface area contributed by atoms with Gasteiger partial charge in [-0.2, -0.15) is 0 Å². The number of ether oxygens (including phenoxy) is 2. The summed E-state index contributed by atoms with van der Waals surface area (Å²) in [7, 11) is 0. The lowest BCUT2D eigenvalue weighted by atomic mass is 10.0. The molecule has 0 amide bonds. The minimum atomic E-state index is -0.377. The Labute approximate surface area is 171 Å². The van der Waals surface area contributed by atoms with E-state index in [0.29, 0.717) is 22.6 Å². The maximum atomic E-state index is 12.4. The van der Waals surface area contributed by atoms with Gasteiger partial charge in [-0.1, -0.05) is 30.3 Å². The molecule has 4 rings (SSSR count). The number of aromatic nitrogens is 2. The Kier molecular flexibility index (Phi) is 5.57. The number of rotatable bonds is 7. The van der Waals surface area contributed by atoms with Crippen molar-refractivity contribution in [2.75, 3.05) is 6.61 Å². The van der Waals surface area contributed by atoms with Gasteiger partial charge in [0.1, 0.15) is 17.2 Å². The van der Waals surface area contributed by atoms with E-state index in [2.05, 4.69) is 4.98 Å². The van der Waals surface area contributed by atoms with E-state index in [1.807, 2.05) is 48.7 Å². The Morgan fingerprint density at radius 3 is 2.86 bits per heavy atom. The molecule has 4 aromatic rings. The second-order valence-corrected chi connectivity index (χ2v) is 7.38. The second kappa shape index (κ2) is 8.45. The third-order valence-corrected chi connectivity index (χ3v) is 5.50. The molecule has 0 N–H and O–H groups in total. The lowest BCUT2D eigenvalue weighted by Crippen LogP contribution is -2.22. The summed E-state index contributed by atoms with van der Waals surface area (Å²) in [5.41, 5.74) is 0.702. The highest BCUT2D eigenvalue weighted by Crippen LogP contribution is 2.29. The first-order chi connectivity index (χ1) is 14.2. The van der Waals surface area contributed by atoms with Crippen molar-refractivity contribution >= 4 is 38.3 Å². The van der Waals surface area contributed by atoms with Gasteiger partial charge in [0.05, 0.1) is 24.7 Å². The summed E-state index contributed by atoms with van der Waals surface area (Å²) in [5, 5.41) is 4.46. The number of hydrogen-bond acceptors (Lipinski definition) is 6. The molecular formula is C22H20N2O4S.